The number of halogens is 1. The highest BCUT2D eigenvalue weighted by Gasteiger charge is 2.23. The van der Waals surface area contributed by atoms with Gasteiger partial charge in [0, 0.05) is 42.2 Å². The molecule has 1 aliphatic rings. The number of amides is 1. The van der Waals surface area contributed by atoms with E-state index < -0.39 is 0 Å². The largest absolute Gasteiger partial charge is 0.353 e. The molecule has 2 aromatic carbocycles. The van der Waals surface area contributed by atoms with E-state index in [1.165, 1.54) is 10.9 Å². The molecular formula is C21H20ClN3O. The van der Waals surface area contributed by atoms with Crippen molar-refractivity contribution in [1.29, 1.82) is 0 Å². The second-order valence-electron chi connectivity index (χ2n) is 6.60. The van der Waals surface area contributed by atoms with Gasteiger partial charge in [0.1, 0.15) is 5.82 Å². The van der Waals surface area contributed by atoms with Crippen LogP contribution in [0.15, 0.2) is 54.6 Å². The third-order valence-corrected chi connectivity index (χ3v) is 5.11. The lowest BCUT2D eigenvalue weighted by Gasteiger charge is -2.35. The van der Waals surface area contributed by atoms with E-state index in [0.29, 0.717) is 23.7 Å². The first kappa shape index (κ1) is 16.9. The first-order valence-electron chi connectivity index (χ1n) is 8.78. The number of rotatable bonds is 2. The summed E-state index contributed by atoms with van der Waals surface area (Å²) in [7, 11) is 0. The molecule has 0 bridgehead atoms. The van der Waals surface area contributed by atoms with Crippen LogP contribution in [0, 0.1) is 6.92 Å². The molecule has 1 aromatic heterocycles. The van der Waals surface area contributed by atoms with Gasteiger partial charge in [-0.05, 0) is 42.8 Å². The smallest absolute Gasteiger partial charge is 0.254 e. The number of nitrogens with zero attached hydrogens (tertiary/aromatic N) is 3. The van der Waals surface area contributed by atoms with Crippen molar-refractivity contribution in [2.75, 3.05) is 31.1 Å². The SMILES string of the molecule is Cc1cc(N2CCN(C(=O)c3cccc(Cl)c3)CC2)nc2ccccc12. The van der Waals surface area contributed by atoms with Crippen molar-refractivity contribution in [2.24, 2.45) is 0 Å². The van der Waals surface area contributed by atoms with Crippen molar-refractivity contribution in [3.05, 3.63) is 70.7 Å². The van der Waals surface area contributed by atoms with Crippen molar-refractivity contribution in [2.45, 2.75) is 6.92 Å². The minimum Gasteiger partial charge on any atom is -0.353 e. The van der Waals surface area contributed by atoms with Gasteiger partial charge in [-0.15, -0.1) is 0 Å². The van der Waals surface area contributed by atoms with E-state index in [9.17, 15) is 4.79 Å². The van der Waals surface area contributed by atoms with Gasteiger partial charge >= 0.3 is 0 Å². The summed E-state index contributed by atoms with van der Waals surface area (Å²) in [5.74, 6) is 1.02. The number of aryl methyl sites for hydroxylation is 1. The van der Waals surface area contributed by atoms with E-state index in [1.54, 1.807) is 12.1 Å². The maximum absolute atomic E-state index is 12.7. The molecular weight excluding hydrogens is 346 g/mol. The molecule has 0 spiro atoms. The molecule has 2 heterocycles. The second-order valence-corrected chi connectivity index (χ2v) is 7.04. The molecule has 1 fully saturated rings. The van der Waals surface area contributed by atoms with E-state index in [4.69, 9.17) is 16.6 Å². The topological polar surface area (TPSA) is 36.4 Å². The molecule has 5 heteroatoms. The molecule has 1 amide bonds. The number of piperazine rings is 1. The Morgan fingerprint density at radius 2 is 1.77 bits per heavy atom. The van der Waals surface area contributed by atoms with Crippen molar-refractivity contribution >= 4 is 34.2 Å². The number of anilines is 1. The normalized spacial score (nSPS) is 14.7. The Hall–Kier alpha value is -2.59. The van der Waals surface area contributed by atoms with E-state index in [1.807, 2.05) is 35.2 Å². The van der Waals surface area contributed by atoms with Crippen molar-refractivity contribution in [3.63, 3.8) is 0 Å². The quantitative estimate of drug-likeness (QED) is 0.684. The van der Waals surface area contributed by atoms with E-state index in [-0.39, 0.29) is 5.91 Å². The molecule has 0 N–H and O–H groups in total. The Labute approximate surface area is 158 Å². The minimum atomic E-state index is 0.0369. The fourth-order valence-corrected chi connectivity index (χ4v) is 3.63. The number of aromatic nitrogens is 1. The highest BCUT2D eigenvalue weighted by Crippen LogP contribution is 2.23. The Balaban J connectivity index is 1.49. The zero-order chi connectivity index (χ0) is 18.1. The maximum Gasteiger partial charge on any atom is 0.254 e. The first-order chi connectivity index (χ1) is 12.6. The summed E-state index contributed by atoms with van der Waals surface area (Å²) >= 11 is 6.01. The lowest BCUT2D eigenvalue weighted by atomic mass is 10.1. The summed E-state index contributed by atoms with van der Waals surface area (Å²) < 4.78 is 0. The third-order valence-electron chi connectivity index (χ3n) is 4.87. The maximum atomic E-state index is 12.7. The van der Waals surface area contributed by atoms with Gasteiger partial charge in [0.05, 0.1) is 5.52 Å². The Kier molecular flexibility index (Phi) is 4.51. The average Bonchev–Trinajstić information content (AvgIpc) is 2.67. The third kappa shape index (κ3) is 3.25. The number of fused-ring (bicyclic) bond motifs is 1. The van der Waals surface area contributed by atoms with Crippen LogP contribution in [-0.4, -0.2) is 42.0 Å². The Morgan fingerprint density at radius 3 is 2.54 bits per heavy atom. The zero-order valence-electron chi connectivity index (χ0n) is 14.7. The summed E-state index contributed by atoms with van der Waals surface area (Å²) in [5.41, 5.74) is 2.88. The number of para-hydroxylation sites is 1. The fourth-order valence-electron chi connectivity index (χ4n) is 3.44. The molecule has 3 aromatic rings. The molecule has 0 atom stereocenters. The van der Waals surface area contributed by atoms with E-state index in [2.05, 4.69) is 24.0 Å². The Morgan fingerprint density at radius 1 is 1.00 bits per heavy atom. The number of carbonyl (C=O) groups is 1. The second kappa shape index (κ2) is 6.96. The van der Waals surface area contributed by atoms with Crippen LogP contribution in [0.4, 0.5) is 5.82 Å². The van der Waals surface area contributed by atoms with Gasteiger partial charge < -0.3 is 9.80 Å². The molecule has 26 heavy (non-hydrogen) atoms. The molecule has 1 aliphatic heterocycles. The summed E-state index contributed by atoms with van der Waals surface area (Å²) in [5, 5.41) is 1.77. The lowest BCUT2D eigenvalue weighted by Crippen LogP contribution is -2.49. The molecule has 4 nitrogen and oxygen atoms in total. The van der Waals surface area contributed by atoms with Crippen LogP contribution < -0.4 is 4.90 Å². The summed E-state index contributed by atoms with van der Waals surface area (Å²) in [6, 6.07) is 17.5. The molecule has 4 rings (SSSR count). The van der Waals surface area contributed by atoms with Gasteiger partial charge in [-0.2, -0.15) is 0 Å². The van der Waals surface area contributed by atoms with Crippen LogP contribution in [0.1, 0.15) is 15.9 Å². The number of benzene rings is 2. The van der Waals surface area contributed by atoms with Crippen LogP contribution in [0.2, 0.25) is 5.02 Å². The fraction of sp³-hybridized carbons (Fsp3) is 0.238. The van der Waals surface area contributed by atoms with Crippen LogP contribution in [0.25, 0.3) is 10.9 Å². The lowest BCUT2D eigenvalue weighted by molar-refractivity contribution is 0.0746. The van der Waals surface area contributed by atoms with Gasteiger partial charge in [-0.3, -0.25) is 4.79 Å². The van der Waals surface area contributed by atoms with Crippen molar-refractivity contribution < 1.29 is 4.79 Å². The van der Waals surface area contributed by atoms with Gasteiger partial charge in [0.25, 0.3) is 5.91 Å². The minimum absolute atomic E-state index is 0.0369. The summed E-state index contributed by atoms with van der Waals surface area (Å²) in [4.78, 5) is 21.6. The Bertz CT molecular complexity index is 964. The predicted molar refractivity (Wildman–Crippen MR) is 106 cm³/mol. The van der Waals surface area contributed by atoms with E-state index >= 15 is 0 Å². The van der Waals surface area contributed by atoms with Gasteiger partial charge in [0.15, 0.2) is 0 Å². The molecule has 0 radical (unpaired) electrons. The van der Waals surface area contributed by atoms with Crippen molar-refractivity contribution in [1.82, 2.24) is 9.88 Å². The van der Waals surface area contributed by atoms with Crippen LogP contribution in [-0.2, 0) is 0 Å². The predicted octanol–water partition coefficient (Wildman–Crippen LogP) is 4.16. The monoisotopic (exact) mass is 365 g/mol. The summed E-state index contributed by atoms with van der Waals surface area (Å²) in [6.45, 7) is 5.03. The molecule has 132 valence electrons. The highest BCUT2D eigenvalue weighted by molar-refractivity contribution is 6.30. The van der Waals surface area contributed by atoms with Gasteiger partial charge in [-0.1, -0.05) is 35.9 Å². The molecule has 0 aliphatic carbocycles. The number of carbonyl (C=O) groups excluding carboxylic acids is 1. The van der Waals surface area contributed by atoms with Crippen LogP contribution >= 0.6 is 11.6 Å². The molecule has 0 saturated carbocycles. The first-order valence-corrected chi connectivity index (χ1v) is 9.16. The average molecular weight is 366 g/mol. The zero-order valence-corrected chi connectivity index (χ0v) is 15.4. The molecule has 0 unspecified atom stereocenters. The van der Waals surface area contributed by atoms with Gasteiger partial charge in [0.2, 0.25) is 0 Å². The highest BCUT2D eigenvalue weighted by atomic mass is 35.5. The summed E-state index contributed by atoms with van der Waals surface area (Å²) in [6.07, 6.45) is 0. The van der Waals surface area contributed by atoms with Crippen molar-refractivity contribution in [3.8, 4) is 0 Å². The molecule has 1 saturated heterocycles. The number of hydrogen-bond acceptors (Lipinski definition) is 3. The van der Waals surface area contributed by atoms with Gasteiger partial charge in [-0.25, -0.2) is 4.98 Å². The standard InChI is InChI=1S/C21H20ClN3O/c1-15-13-20(23-19-8-3-2-7-18(15)19)24-9-11-25(12-10-24)21(26)16-5-4-6-17(22)14-16/h2-8,13-14H,9-12H2,1H3. The van der Waals surface area contributed by atoms with Crippen LogP contribution in [0.5, 0.6) is 0 Å². The van der Waals surface area contributed by atoms with Crippen LogP contribution in [0.3, 0.4) is 0 Å². The van der Waals surface area contributed by atoms with E-state index in [0.717, 1.165) is 24.4 Å². The number of hydrogen-bond donors (Lipinski definition) is 0. The number of pyridine rings is 1.